The fourth-order valence-electron chi connectivity index (χ4n) is 1.83. The second kappa shape index (κ2) is 6.35. The zero-order chi connectivity index (χ0) is 16.2. The van der Waals surface area contributed by atoms with Gasteiger partial charge in [-0.05, 0) is 39.0 Å². The zero-order valence-electron chi connectivity index (χ0n) is 12.8. The van der Waals surface area contributed by atoms with E-state index in [2.05, 4.69) is 22.1 Å². The van der Waals surface area contributed by atoms with E-state index in [9.17, 15) is 9.59 Å². The van der Waals surface area contributed by atoms with Crippen LogP contribution >= 0.6 is 0 Å². The molecule has 0 unspecified atom stereocenters. The highest BCUT2D eigenvalue weighted by Gasteiger charge is 2.14. The van der Waals surface area contributed by atoms with Crippen molar-refractivity contribution in [2.45, 2.75) is 26.4 Å². The van der Waals surface area contributed by atoms with E-state index in [1.54, 1.807) is 45.2 Å². The van der Waals surface area contributed by atoms with Gasteiger partial charge in [-0.15, -0.1) is 0 Å². The first-order chi connectivity index (χ1) is 10.3. The Kier molecular flexibility index (Phi) is 4.52. The van der Waals surface area contributed by atoms with Crippen LogP contribution in [0.15, 0.2) is 35.3 Å². The van der Waals surface area contributed by atoms with E-state index in [-0.39, 0.29) is 12.0 Å². The normalized spacial score (nSPS) is 10.7. The number of carbonyl (C=O) groups is 1. The van der Waals surface area contributed by atoms with Crippen LogP contribution in [-0.4, -0.2) is 23.2 Å². The molecule has 0 saturated heterocycles. The molecule has 5 nitrogen and oxygen atoms in total. The predicted molar refractivity (Wildman–Crippen MR) is 85.7 cm³/mol. The van der Waals surface area contributed by atoms with Gasteiger partial charge in [-0.1, -0.05) is 11.8 Å². The van der Waals surface area contributed by atoms with Crippen molar-refractivity contribution < 1.29 is 9.53 Å². The Morgan fingerprint density at radius 2 is 2.09 bits per heavy atom. The molecule has 114 valence electrons. The van der Waals surface area contributed by atoms with Gasteiger partial charge < -0.3 is 15.0 Å². The molecule has 0 aliphatic carbocycles. The maximum absolute atomic E-state index is 11.6. The van der Waals surface area contributed by atoms with Crippen molar-refractivity contribution >= 4 is 17.0 Å². The summed E-state index contributed by atoms with van der Waals surface area (Å²) in [5, 5.41) is 3.19. The number of hydrogen-bond donors (Lipinski definition) is 2. The molecule has 0 saturated carbocycles. The molecule has 0 spiro atoms. The molecule has 22 heavy (non-hydrogen) atoms. The van der Waals surface area contributed by atoms with E-state index in [1.807, 2.05) is 0 Å². The lowest BCUT2D eigenvalue weighted by Crippen LogP contribution is -2.32. The van der Waals surface area contributed by atoms with Gasteiger partial charge in [0.25, 0.3) is 0 Å². The molecule has 0 aliphatic heterocycles. The van der Waals surface area contributed by atoms with Crippen molar-refractivity contribution in [3.8, 4) is 11.8 Å². The minimum atomic E-state index is -0.526. The lowest BCUT2D eigenvalue weighted by atomic mass is 10.1. The second-order valence-corrected chi connectivity index (χ2v) is 5.76. The molecule has 0 bridgehead atoms. The summed E-state index contributed by atoms with van der Waals surface area (Å²) in [5.74, 6) is 5.78. The molecule has 0 fully saturated rings. The molecule has 1 aromatic carbocycles. The second-order valence-electron chi connectivity index (χ2n) is 5.76. The Hall–Kier alpha value is -2.74. The monoisotopic (exact) mass is 298 g/mol. The number of rotatable bonds is 1. The Balaban J connectivity index is 2.00. The molecule has 2 aromatic rings. The van der Waals surface area contributed by atoms with E-state index in [1.165, 1.54) is 6.07 Å². The summed E-state index contributed by atoms with van der Waals surface area (Å²) in [6.07, 6.45) is 1.11. The van der Waals surface area contributed by atoms with Crippen molar-refractivity contribution in [3.63, 3.8) is 0 Å². The average Bonchev–Trinajstić information content (AvgIpc) is 2.42. The lowest BCUT2D eigenvalue weighted by molar-refractivity contribution is 0.0535. The number of carbonyl (C=O) groups excluding carboxylic acids is 1. The summed E-state index contributed by atoms with van der Waals surface area (Å²) in [6, 6.07) is 6.80. The van der Waals surface area contributed by atoms with E-state index in [4.69, 9.17) is 4.74 Å². The van der Waals surface area contributed by atoms with Gasteiger partial charge in [0.2, 0.25) is 0 Å². The van der Waals surface area contributed by atoms with Crippen LogP contribution in [0, 0.1) is 11.8 Å². The first kappa shape index (κ1) is 15.6. The summed E-state index contributed by atoms with van der Waals surface area (Å²) in [6.45, 7) is 5.59. The number of amides is 1. The Morgan fingerprint density at radius 3 is 2.82 bits per heavy atom. The molecule has 1 aromatic heterocycles. The maximum atomic E-state index is 11.6. The van der Waals surface area contributed by atoms with E-state index in [0.717, 1.165) is 11.1 Å². The van der Waals surface area contributed by atoms with E-state index >= 15 is 0 Å². The largest absolute Gasteiger partial charge is 0.444 e. The zero-order valence-corrected chi connectivity index (χ0v) is 12.8. The number of fused-ring (bicyclic) bond motifs is 1. The van der Waals surface area contributed by atoms with Gasteiger partial charge in [0.15, 0.2) is 5.43 Å². The van der Waals surface area contributed by atoms with Crippen LogP contribution in [0.3, 0.4) is 0 Å². The number of hydrogen-bond acceptors (Lipinski definition) is 3. The van der Waals surface area contributed by atoms with Crippen molar-refractivity contribution in [1.29, 1.82) is 0 Å². The third-order valence-electron chi connectivity index (χ3n) is 2.71. The number of aromatic nitrogens is 1. The molecule has 1 amide bonds. The molecular formula is C17H18N2O3. The minimum Gasteiger partial charge on any atom is -0.444 e. The van der Waals surface area contributed by atoms with Gasteiger partial charge in [0.05, 0.1) is 12.1 Å². The van der Waals surface area contributed by atoms with Gasteiger partial charge in [-0.25, -0.2) is 4.79 Å². The number of pyridine rings is 1. The quantitative estimate of drug-likeness (QED) is 0.794. The summed E-state index contributed by atoms with van der Waals surface area (Å²) >= 11 is 0. The molecule has 0 aliphatic rings. The first-order valence-corrected chi connectivity index (χ1v) is 6.92. The molecule has 2 N–H and O–H groups in total. The third kappa shape index (κ3) is 4.38. The molecule has 1 heterocycles. The highest BCUT2D eigenvalue weighted by atomic mass is 16.6. The standard InChI is InChI=1S/C17H18N2O3/c1-17(2,3)22-16(21)19-9-4-5-12-6-7-13-14(11-12)18-10-8-15(13)20/h6-8,10-11H,9H2,1-3H3,(H,18,20)(H,19,21). The number of benzene rings is 1. The van der Waals surface area contributed by atoms with Crippen LogP contribution in [0.4, 0.5) is 4.79 Å². The van der Waals surface area contributed by atoms with Crippen LogP contribution in [0.25, 0.3) is 10.9 Å². The van der Waals surface area contributed by atoms with Gasteiger partial charge in [0.1, 0.15) is 5.60 Å². The smallest absolute Gasteiger partial charge is 0.408 e. The Bertz CT molecular complexity index is 804. The fraction of sp³-hybridized carbons (Fsp3) is 0.294. The maximum Gasteiger partial charge on any atom is 0.408 e. The lowest BCUT2D eigenvalue weighted by Gasteiger charge is -2.18. The highest BCUT2D eigenvalue weighted by molar-refractivity contribution is 5.79. The summed E-state index contributed by atoms with van der Waals surface area (Å²) in [7, 11) is 0. The van der Waals surface area contributed by atoms with E-state index < -0.39 is 11.7 Å². The van der Waals surface area contributed by atoms with Crippen molar-refractivity contribution in [2.75, 3.05) is 6.54 Å². The van der Waals surface area contributed by atoms with Gasteiger partial charge in [0, 0.05) is 23.2 Å². The molecule has 0 radical (unpaired) electrons. The highest BCUT2D eigenvalue weighted by Crippen LogP contribution is 2.09. The number of nitrogens with one attached hydrogen (secondary N) is 2. The van der Waals surface area contributed by atoms with Gasteiger partial charge in [-0.3, -0.25) is 4.79 Å². The molecule has 2 rings (SSSR count). The minimum absolute atomic E-state index is 0.0279. The van der Waals surface area contributed by atoms with Crippen molar-refractivity contribution in [1.82, 2.24) is 10.3 Å². The van der Waals surface area contributed by atoms with Crippen LogP contribution in [0.5, 0.6) is 0 Å². The summed E-state index contributed by atoms with van der Waals surface area (Å²) in [4.78, 5) is 26.1. The Labute approximate surface area is 128 Å². The summed E-state index contributed by atoms with van der Waals surface area (Å²) in [5.41, 5.74) is 0.946. The van der Waals surface area contributed by atoms with Crippen molar-refractivity contribution in [3.05, 3.63) is 46.2 Å². The summed E-state index contributed by atoms with van der Waals surface area (Å²) < 4.78 is 5.10. The van der Waals surface area contributed by atoms with Crippen LogP contribution in [0.1, 0.15) is 26.3 Å². The van der Waals surface area contributed by atoms with Gasteiger partial charge in [-0.2, -0.15) is 0 Å². The average molecular weight is 298 g/mol. The number of H-pyrrole nitrogens is 1. The van der Waals surface area contributed by atoms with Crippen LogP contribution in [-0.2, 0) is 4.74 Å². The SMILES string of the molecule is CC(C)(C)OC(=O)NCC#Cc1ccc2c(=O)cc[nH]c2c1. The fourth-order valence-corrected chi connectivity index (χ4v) is 1.83. The van der Waals surface area contributed by atoms with E-state index in [0.29, 0.717) is 5.39 Å². The molecule has 0 atom stereocenters. The number of alkyl carbamates (subject to hydrolysis) is 1. The third-order valence-corrected chi connectivity index (χ3v) is 2.71. The molecular weight excluding hydrogens is 280 g/mol. The number of aromatic amines is 1. The van der Waals surface area contributed by atoms with Crippen LogP contribution in [0.2, 0.25) is 0 Å². The topological polar surface area (TPSA) is 71.2 Å². The van der Waals surface area contributed by atoms with Gasteiger partial charge >= 0.3 is 6.09 Å². The van der Waals surface area contributed by atoms with Crippen LogP contribution < -0.4 is 10.7 Å². The Morgan fingerprint density at radius 1 is 1.32 bits per heavy atom. The van der Waals surface area contributed by atoms with Crippen molar-refractivity contribution in [2.24, 2.45) is 0 Å². The first-order valence-electron chi connectivity index (χ1n) is 6.92. The molecule has 5 heteroatoms. The number of ether oxygens (including phenoxy) is 1. The predicted octanol–water partition coefficient (Wildman–Crippen LogP) is 2.40.